The van der Waals surface area contributed by atoms with Crippen LogP contribution in [0.5, 0.6) is 0 Å². The van der Waals surface area contributed by atoms with Gasteiger partial charge in [0.25, 0.3) is 0 Å². The van der Waals surface area contributed by atoms with Crippen LogP contribution in [0.25, 0.3) is 0 Å². The standard InChI is InChI=1S/C17H17Br2NO3/c1-6-3-8(18)4-7(2)14(6)20-16(21)11-9-5-10-12(11)17(22)23-15(10)13(9)19/h3-4,9-13,15H,5H2,1-2H3,(H,20,21)/t9-,10-,11-,12+,13-,15+/m1/s1. The molecule has 1 aromatic carbocycles. The summed E-state index contributed by atoms with van der Waals surface area (Å²) >= 11 is 7.11. The van der Waals surface area contributed by atoms with Crippen LogP contribution < -0.4 is 5.32 Å². The van der Waals surface area contributed by atoms with E-state index in [2.05, 4.69) is 37.2 Å². The summed E-state index contributed by atoms with van der Waals surface area (Å²) in [5.41, 5.74) is 2.86. The number of fused-ring (bicyclic) bond motifs is 1. The Bertz CT molecular complexity index is 697. The fraction of sp³-hybridized carbons (Fsp3) is 0.529. The Hall–Kier alpha value is -0.880. The van der Waals surface area contributed by atoms with E-state index in [1.807, 2.05) is 26.0 Å². The van der Waals surface area contributed by atoms with E-state index in [1.54, 1.807) is 0 Å². The predicted octanol–water partition coefficient (Wildman–Crippen LogP) is 3.58. The fourth-order valence-corrected chi connectivity index (χ4v) is 6.38. The first kappa shape index (κ1) is 15.6. The molecular weight excluding hydrogens is 426 g/mol. The van der Waals surface area contributed by atoms with Gasteiger partial charge in [-0.25, -0.2) is 0 Å². The van der Waals surface area contributed by atoms with Crippen LogP contribution in [0.2, 0.25) is 0 Å². The molecule has 3 aliphatic rings. The van der Waals surface area contributed by atoms with Crippen molar-refractivity contribution in [2.75, 3.05) is 5.32 Å². The maximum atomic E-state index is 12.9. The number of alkyl halides is 1. The second-order valence-corrected chi connectivity index (χ2v) is 8.84. The van der Waals surface area contributed by atoms with Crippen LogP contribution in [-0.4, -0.2) is 22.8 Å². The third-order valence-electron chi connectivity index (χ3n) is 5.57. The zero-order valence-electron chi connectivity index (χ0n) is 12.8. The highest BCUT2D eigenvalue weighted by Crippen LogP contribution is 2.60. The molecule has 0 aromatic heterocycles. The number of amides is 1. The molecule has 1 N–H and O–H groups in total. The number of carbonyl (C=O) groups is 2. The molecule has 2 bridgehead atoms. The van der Waals surface area contributed by atoms with Crippen molar-refractivity contribution in [2.45, 2.75) is 31.2 Å². The Morgan fingerprint density at radius 3 is 2.57 bits per heavy atom. The van der Waals surface area contributed by atoms with E-state index < -0.39 is 0 Å². The molecule has 3 fully saturated rings. The molecule has 1 aliphatic heterocycles. The number of hydrogen-bond acceptors (Lipinski definition) is 3. The van der Waals surface area contributed by atoms with E-state index in [0.29, 0.717) is 0 Å². The lowest BCUT2D eigenvalue weighted by molar-refractivity contribution is -0.145. The number of ether oxygens (including phenoxy) is 1. The average molecular weight is 443 g/mol. The number of halogens is 2. The summed E-state index contributed by atoms with van der Waals surface area (Å²) in [6, 6.07) is 3.97. The molecule has 4 rings (SSSR count). The third kappa shape index (κ3) is 2.21. The molecule has 4 nitrogen and oxygen atoms in total. The summed E-state index contributed by atoms with van der Waals surface area (Å²) in [4.78, 5) is 25.2. The van der Waals surface area contributed by atoms with Gasteiger partial charge in [0.15, 0.2) is 0 Å². The highest BCUT2D eigenvalue weighted by Gasteiger charge is 2.67. The van der Waals surface area contributed by atoms with Gasteiger partial charge in [0.1, 0.15) is 6.10 Å². The van der Waals surface area contributed by atoms with Crippen LogP contribution in [0.4, 0.5) is 5.69 Å². The number of esters is 1. The maximum Gasteiger partial charge on any atom is 0.310 e. The second kappa shape index (κ2) is 5.31. The predicted molar refractivity (Wildman–Crippen MR) is 93.4 cm³/mol. The molecule has 2 saturated carbocycles. The van der Waals surface area contributed by atoms with E-state index in [9.17, 15) is 9.59 Å². The SMILES string of the molecule is Cc1cc(Br)cc(C)c1NC(=O)[C@@H]1[C@H]2C[C@H]3[C@H](OC(=O)[C@@H]31)[C@@H]2Br. The summed E-state index contributed by atoms with van der Waals surface area (Å²) in [5.74, 6) is -0.447. The maximum absolute atomic E-state index is 12.9. The van der Waals surface area contributed by atoms with Gasteiger partial charge in [-0.2, -0.15) is 0 Å². The Kier molecular flexibility index (Phi) is 3.61. The zero-order valence-corrected chi connectivity index (χ0v) is 16.0. The summed E-state index contributed by atoms with van der Waals surface area (Å²) in [6.45, 7) is 3.95. The topological polar surface area (TPSA) is 55.4 Å². The van der Waals surface area contributed by atoms with Crippen molar-refractivity contribution < 1.29 is 14.3 Å². The van der Waals surface area contributed by atoms with Gasteiger partial charge in [-0.1, -0.05) is 31.9 Å². The van der Waals surface area contributed by atoms with Crippen LogP contribution in [0.15, 0.2) is 16.6 Å². The fourth-order valence-electron chi connectivity index (χ4n) is 4.64. The lowest BCUT2D eigenvalue weighted by Gasteiger charge is -2.28. The molecular formula is C17H17Br2NO3. The van der Waals surface area contributed by atoms with Gasteiger partial charge < -0.3 is 10.1 Å². The molecule has 1 aromatic rings. The van der Waals surface area contributed by atoms with Crippen LogP contribution >= 0.6 is 31.9 Å². The Morgan fingerprint density at radius 1 is 1.26 bits per heavy atom. The van der Waals surface area contributed by atoms with E-state index in [0.717, 1.165) is 27.7 Å². The summed E-state index contributed by atoms with van der Waals surface area (Å²) in [5, 5.41) is 3.07. The quantitative estimate of drug-likeness (QED) is 0.562. The smallest absolute Gasteiger partial charge is 0.310 e. The molecule has 0 spiro atoms. The minimum atomic E-state index is -0.293. The first-order chi connectivity index (χ1) is 10.9. The van der Waals surface area contributed by atoms with Gasteiger partial charge in [0.2, 0.25) is 5.91 Å². The Labute approximate surface area is 151 Å². The largest absolute Gasteiger partial charge is 0.461 e. The molecule has 1 amide bonds. The monoisotopic (exact) mass is 441 g/mol. The first-order valence-corrected chi connectivity index (χ1v) is 9.51. The summed E-state index contributed by atoms with van der Waals surface area (Å²) in [7, 11) is 0. The van der Waals surface area contributed by atoms with Crippen LogP contribution in [-0.2, 0) is 14.3 Å². The molecule has 23 heavy (non-hydrogen) atoms. The Balaban J connectivity index is 1.62. The normalized spacial score (nSPS) is 37.1. The molecule has 0 unspecified atom stereocenters. The van der Waals surface area contributed by atoms with Crippen molar-refractivity contribution in [1.29, 1.82) is 0 Å². The molecule has 2 aliphatic carbocycles. The van der Waals surface area contributed by atoms with Crippen molar-refractivity contribution in [2.24, 2.45) is 23.7 Å². The molecule has 1 saturated heterocycles. The molecule has 0 radical (unpaired) electrons. The molecule has 122 valence electrons. The lowest BCUT2D eigenvalue weighted by atomic mass is 9.79. The molecule has 6 heteroatoms. The molecule has 6 atom stereocenters. The number of rotatable bonds is 2. The average Bonchev–Trinajstić information content (AvgIpc) is 3.06. The van der Waals surface area contributed by atoms with E-state index in [4.69, 9.17) is 4.74 Å². The minimum Gasteiger partial charge on any atom is -0.461 e. The number of benzene rings is 1. The van der Waals surface area contributed by atoms with Crippen molar-refractivity contribution in [3.05, 3.63) is 27.7 Å². The first-order valence-electron chi connectivity index (χ1n) is 7.80. The number of nitrogens with one attached hydrogen (secondary N) is 1. The van der Waals surface area contributed by atoms with E-state index >= 15 is 0 Å². The number of aryl methyl sites for hydroxylation is 2. The van der Waals surface area contributed by atoms with Crippen LogP contribution in [0.1, 0.15) is 17.5 Å². The van der Waals surface area contributed by atoms with Crippen molar-refractivity contribution in [3.63, 3.8) is 0 Å². The Morgan fingerprint density at radius 2 is 1.91 bits per heavy atom. The minimum absolute atomic E-state index is 0.0438. The van der Waals surface area contributed by atoms with Gasteiger partial charge >= 0.3 is 5.97 Å². The van der Waals surface area contributed by atoms with Crippen molar-refractivity contribution in [1.82, 2.24) is 0 Å². The van der Waals surface area contributed by atoms with Crippen molar-refractivity contribution >= 4 is 49.4 Å². The lowest BCUT2D eigenvalue weighted by Crippen LogP contribution is -2.40. The van der Waals surface area contributed by atoms with E-state index in [1.165, 1.54) is 0 Å². The van der Waals surface area contributed by atoms with Gasteiger partial charge in [0, 0.05) is 16.1 Å². The number of hydrogen-bond donors (Lipinski definition) is 1. The third-order valence-corrected chi connectivity index (χ3v) is 7.23. The number of anilines is 1. The van der Waals surface area contributed by atoms with Crippen molar-refractivity contribution in [3.8, 4) is 0 Å². The van der Waals surface area contributed by atoms with Crippen LogP contribution in [0.3, 0.4) is 0 Å². The highest BCUT2D eigenvalue weighted by atomic mass is 79.9. The van der Waals surface area contributed by atoms with Crippen LogP contribution in [0, 0.1) is 37.5 Å². The van der Waals surface area contributed by atoms with Gasteiger partial charge in [-0.15, -0.1) is 0 Å². The highest BCUT2D eigenvalue weighted by molar-refractivity contribution is 9.10. The summed E-state index contributed by atoms with van der Waals surface area (Å²) < 4.78 is 6.47. The van der Waals surface area contributed by atoms with Gasteiger partial charge in [0.05, 0.1) is 16.7 Å². The summed E-state index contributed by atoms with van der Waals surface area (Å²) in [6.07, 6.45) is 0.852. The molecule has 1 heterocycles. The van der Waals surface area contributed by atoms with Gasteiger partial charge in [-0.3, -0.25) is 9.59 Å². The number of carbonyl (C=O) groups excluding carboxylic acids is 2. The van der Waals surface area contributed by atoms with E-state index in [-0.39, 0.29) is 46.5 Å². The zero-order chi connectivity index (χ0) is 16.5. The second-order valence-electron chi connectivity index (χ2n) is 6.86. The van der Waals surface area contributed by atoms with Gasteiger partial charge in [-0.05, 0) is 49.4 Å².